The van der Waals surface area contributed by atoms with Gasteiger partial charge in [-0.2, -0.15) is 5.10 Å². The molecule has 6 heteroatoms. The number of methoxy groups -OCH3 is 1. The lowest BCUT2D eigenvalue weighted by molar-refractivity contribution is 0.108. The van der Waals surface area contributed by atoms with E-state index in [1.54, 1.807) is 7.11 Å². The summed E-state index contributed by atoms with van der Waals surface area (Å²) in [7, 11) is 1.64. The maximum Gasteiger partial charge on any atom is 0.227 e. The van der Waals surface area contributed by atoms with E-state index >= 15 is 0 Å². The first-order chi connectivity index (χ1) is 17.1. The Morgan fingerprint density at radius 3 is 2.20 bits per heavy atom. The number of aromatic nitrogens is 2. The molecule has 4 aromatic rings. The van der Waals surface area contributed by atoms with Crippen molar-refractivity contribution in [3.63, 3.8) is 0 Å². The molecule has 1 unspecified atom stereocenters. The fourth-order valence-electron chi connectivity index (χ4n) is 4.18. The number of hydrogen-bond acceptors (Lipinski definition) is 5. The highest BCUT2D eigenvalue weighted by molar-refractivity contribution is 5.47. The zero-order chi connectivity index (χ0) is 24.6. The Morgan fingerprint density at radius 1 is 0.914 bits per heavy atom. The highest BCUT2D eigenvalue weighted by Crippen LogP contribution is 2.36. The summed E-state index contributed by atoms with van der Waals surface area (Å²) in [6.07, 6.45) is 0.390. The van der Waals surface area contributed by atoms with E-state index in [0.29, 0.717) is 30.5 Å². The van der Waals surface area contributed by atoms with Crippen LogP contribution in [-0.2, 0) is 6.54 Å². The van der Waals surface area contributed by atoms with Crippen molar-refractivity contribution >= 4 is 0 Å². The largest absolute Gasteiger partial charge is 0.493 e. The van der Waals surface area contributed by atoms with Gasteiger partial charge in [0, 0.05) is 13.1 Å². The molecule has 4 rings (SSSR count). The van der Waals surface area contributed by atoms with Gasteiger partial charge in [0.15, 0.2) is 11.5 Å². The number of aliphatic hydroxyl groups is 1. The lowest BCUT2D eigenvalue weighted by atomic mass is 10.1. The quantitative estimate of drug-likeness (QED) is 0.294. The number of benzene rings is 3. The summed E-state index contributed by atoms with van der Waals surface area (Å²) in [5.74, 6) is 1.93. The average Bonchev–Trinajstić information content (AvgIpc) is 3.20. The van der Waals surface area contributed by atoms with Gasteiger partial charge in [0.2, 0.25) is 5.88 Å². The van der Waals surface area contributed by atoms with E-state index in [1.807, 2.05) is 96.5 Å². The van der Waals surface area contributed by atoms with E-state index in [4.69, 9.17) is 14.6 Å². The third-order valence-electron chi connectivity index (χ3n) is 5.95. The summed E-state index contributed by atoms with van der Waals surface area (Å²) in [5.41, 5.74) is 3.69. The van der Waals surface area contributed by atoms with E-state index < -0.39 is 6.10 Å². The van der Waals surface area contributed by atoms with Gasteiger partial charge in [-0.15, -0.1) is 0 Å². The summed E-state index contributed by atoms with van der Waals surface area (Å²) < 4.78 is 13.9. The number of aryl methyl sites for hydroxylation is 1. The zero-order valence-corrected chi connectivity index (χ0v) is 20.6. The van der Waals surface area contributed by atoms with Crippen LogP contribution in [0.5, 0.6) is 17.4 Å². The molecule has 0 aliphatic carbocycles. The van der Waals surface area contributed by atoms with Crippen LogP contribution in [0.4, 0.5) is 0 Å². The normalized spacial score (nSPS) is 12.0. The minimum atomic E-state index is -0.578. The molecule has 0 fully saturated rings. The van der Waals surface area contributed by atoms with Gasteiger partial charge < -0.3 is 14.6 Å². The molecule has 0 saturated carbocycles. The summed E-state index contributed by atoms with van der Waals surface area (Å²) in [5, 5.41) is 15.8. The first-order valence-electron chi connectivity index (χ1n) is 12.0. The van der Waals surface area contributed by atoms with Gasteiger partial charge in [0.05, 0.1) is 30.2 Å². The highest BCUT2D eigenvalue weighted by Gasteiger charge is 2.23. The Hall–Kier alpha value is -3.61. The Kier molecular flexibility index (Phi) is 8.19. The number of para-hydroxylation sites is 3. The summed E-state index contributed by atoms with van der Waals surface area (Å²) in [6.45, 7) is 6.10. The van der Waals surface area contributed by atoms with Crippen molar-refractivity contribution in [3.05, 3.63) is 102 Å². The van der Waals surface area contributed by atoms with Crippen LogP contribution >= 0.6 is 0 Å². The molecule has 0 aliphatic rings. The van der Waals surface area contributed by atoms with Gasteiger partial charge in [-0.3, -0.25) is 4.90 Å². The zero-order valence-electron chi connectivity index (χ0n) is 20.6. The number of rotatable bonds is 11. The van der Waals surface area contributed by atoms with Crippen LogP contribution in [0.15, 0.2) is 84.9 Å². The molecule has 1 N–H and O–H groups in total. The second-order valence-electron chi connectivity index (χ2n) is 8.53. The van der Waals surface area contributed by atoms with Crippen molar-refractivity contribution in [1.29, 1.82) is 0 Å². The maximum atomic E-state index is 10.9. The molecule has 3 aromatic carbocycles. The summed E-state index contributed by atoms with van der Waals surface area (Å²) >= 11 is 0. The number of hydrogen-bond donors (Lipinski definition) is 1. The van der Waals surface area contributed by atoms with Gasteiger partial charge >= 0.3 is 0 Å². The average molecular weight is 472 g/mol. The van der Waals surface area contributed by atoms with Crippen molar-refractivity contribution < 1.29 is 14.6 Å². The Balaban J connectivity index is 1.70. The summed E-state index contributed by atoms with van der Waals surface area (Å²) in [6, 6.07) is 27.4. The molecule has 6 nitrogen and oxygen atoms in total. The number of aliphatic hydroxyl groups excluding tert-OH is 1. The molecule has 182 valence electrons. The molecule has 0 spiro atoms. The molecule has 1 atom stereocenters. The van der Waals surface area contributed by atoms with Crippen molar-refractivity contribution in [2.75, 3.05) is 20.2 Å². The molecular weight excluding hydrogens is 438 g/mol. The van der Waals surface area contributed by atoms with E-state index in [0.717, 1.165) is 35.5 Å². The molecule has 1 aromatic heterocycles. The fraction of sp³-hybridized carbons (Fsp3) is 0.276. The number of nitrogens with zero attached hydrogens (tertiary/aromatic N) is 3. The van der Waals surface area contributed by atoms with Gasteiger partial charge in [0.1, 0.15) is 0 Å². The predicted molar refractivity (Wildman–Crippen MR) is 138 cm³/mol. The van der Waals surface area contributed by atoms with Crippen molar-refractivity contribution in [3.8, 4) is 23.1 Å². The van der Waals surface area contributed by atoms with Crippen LogP contribution < -0.4 is 9.47 Å². The van der Waals surface area contributed by atoms with Crippen LogP contribution in [0.3, 0.4) is 0 Å². The third-order valence-corrected chi connectivity index (χ3v) is 5.95. The van der Waals surface area contributed by atoms with Gasteiger partial charge in [0.25, 0.3) is 0 Å². The highest BCUT2D eigenvalue weighted by atomic mass is 16.5. The number of ether oxygens (including phenoxy) is 2. The van der Waals surface area contributed by atoms with Crippen molar-refractivity contribution in [2.45, 2.75) is 32.9 Å². The van der Waals surface area contributed by atoms with Crippen LogP contribution in [-0.4, -0.2) is 40.0 Å². The Morgan fingerprint density at radius 2 is 1.54 bits per heavy atom. The van der Waals surface area contributed by atoms with Gasteiger partial charge in [-0.25, -0.2) is 4.68 Å². The first-order valence-corrected chi connectivity index (χ1v) is 12.0. The molecule has 0 radical (unpaired) electrons. The smallest absolute Gasteiger partial charge is 0.227 e. The van der Waals surface area contributed by atoms with Gasteiger partial charge in [-0.05, 0) is 49.7 Å². The van der Waals surface area contributed by atoms with Gasteiger partial charge in [-0.1, -0.05) is 67.6 Å². The molecule has 0 saturated heterocycles. The van der Waals surface area contributed by atoms with Crippen LogP contribution in [0.1, 0.15) is 36.3 Å². The third kappa shape index (κ3) is 5.91. The molecule has 0 amide bonds. The molecule has 35 heavy (non-hydrogen) atoms. The SMILES string of the molecule is CCCN(Cc1c(C)nn(-c2ccccc2)c1Oc1ccccc1OC)CC(O)c1ccccc1. The fourth-order valence-corrected chi connectivity index (χ4v) is 4.18. The van der Waals surface area contributed by atoms with Crippen molar-refractivity contribution in [2.24, 2.45) is 0 Å². The summed E-state index contributed by atoms with van der Waals surface area (Å²) in [4.78, 5) is 2.26. The van der Waals surface area contributed by atoms with E-state index in [1.165, 1.54) is 0 Å². The monoisotopic (exact) mass is 471 g/mol. The van der Waals surface area contributed by atoms with Crippen LogP contribution in [0.2, 0.25) is 0 Å². The lowest BCUT2D eigenvalue weighted by Crippen LogP contribution is -2.29. The topological polar surface area (TPSA) is 59.8 Å². The Labute approximate surface area is 207 Å². The van der Waals surface area contributed by atoms with E-state index in [2.05, 4.69) is 11.8 Å². The predicted octanol–water partition coefficient (Wildman–Crippen LogP) is 5.93. The Bertz CT molecular complexity index is 1210. The minimum absolute atomic E-state index is 0.516. The standard InChI is InChI=1S/C29H33N3O3/c1-4-19-31(21-26(33)23-13-7-5-8-14-23)20-25-22(2)30-32(24-15-9-6-10-16-24)29(25)35-28-18-12-11-17-27(28)34-3/h5-18,26,33H,4,19-21H2,1-3H3. The molecule has 0 bridgehead atoms. The molecule has 0 aliphatic heterocycles. The maximum absolute atomic E-state index is 10.9. The first kappa shape index (κ1) is 24.5. The van der Waals surface area contributed by atoms with Crippen LogP contribution in [0, 0.1) is 6.92 Å². The van der Waals surface area contributed by atoms with E-state index in [-0.39, 0.29) is 0 Å². The second-order valence-corrected chi connectivity index (χ2v) is 8.53. The van der Waals surface area contributed by atoms with E-state index in [9.17, 15) is 5.11 Å². The second kappa shape index (κ2) is 11.7. The minimum Gasteiger partial charge on any atom is -0.493 e. The molecule has 1 heterocycles. The van der Waals surface area contributed by atoms with Crippen LogP contribution in [0.25, 0.3) is 5.69 Å². The molecular formula is C29H33N3O3. The van der Waals surface area contributed by atoms with Crippen molar-refractivity contribution in [1.82, 2.24) is 14.7 Å². The lowest BCUT2D eigenvalue weighted by Gasteiger charge is -2.25.